The summed E-state index contributed by atoms with van der Waals surface area (Å²) in [5.74, 6) is -1.05. The van der Waals surface area contributed by atoms with Crippen LogP contribution in [0.25, 0.3) is 0 Å². The van der Waals surface area contributed by atoms with Gasteiger partial charge in [-0.2, -0.15) is 15.2 Å². The maximum atomic E-state index is 13.0. The summed E-state index contributed by atoms with van der Waals surface area (Å²) in [7, 11) is 0. The van der Waals surface area contributed by atoms with E-state index in [0.29, 0.717) is 11.4 Å². The molecule has 0 saturated heterocycles. The molecule has 1 aliphatic rings. The highest BCUT2D eigenvalue weighted by molar-refractivity contribution is 5.92. The molecule has 0 aliphatic carbocycles. The van der Waals surface area contributed by atoms with Crippen molar-refractivity contribution in [2.24, 2.45) is 5.10 Å². The standard InChI is InChI=1S/C12H14F4N4O2/c1-6-3-7(2)19(17-6)5-9(21)20-12(22,11(15)16)4-8(18-20)10(13)14/h3,10-11,22H,4-5H2,1-2H3/t12-/m0/s1. The van der Waals surface area contributed by atoms with E-state index in [1.807, 2.05) is 0 Å². The van der Waals surface area contributed by atoms with Crippen LogP contribution in [0.3, 0.4) is 0 Å². The van der Waals surface area contributed by atoms with Gasteiger partial charge in [-0.3, -0.25) is 9.48 Å². The van der Waals surface area contributed by atoms with Crippen molar-refractivity contribution in [2.45, 2.75) is 45.4 Å². The molecule has 0 saturated carbocycles. The average molecular weight is 322 g/mol. The number of amides is 1. The van der Waals surface area contributed by atoms with Gasteiger partial charge in [0, 0.05) is 12.1 Å². The summed E-state index contributed by atoms with van der Waals surface area (Å²) in [6.07, 6.45) is -7.65. The lowest BCUT2D eigenvalue weighted by molar-refractivity contribution is -0.192. The van der Waals surface area contributed by atoms with Gasteiger partial charge in [-0.1, -0.05) is 0 Å². The molecule has 1 aromatic rings. The van der Waals surface area contributed by atoms with Crippen molar-refractivity contribution in [3.05, 3.63) is 17.5 Å². The fourth-order valence-electron chi connectivity index (χ4n) is 2.18. The Balaban J connectivity index is 2.27. The molecule has 0 bridgehead atoms. The number of hydrogen-bond acceptors (Lipinski definition) is 4. The third kappa shape index (κ3) is 2.82. The Morgan fingerprint density at radius 2 is 2.05 bits per heavy atom. The minimum Gasteiger partial charge on any atom is -0.364 e. The number of halogens is 4. The van der Waals surface area contributed by atoms with Crippen LogP contribution in [0, 0.1) is 13.8 Å². The molecule has 0 spiro atoms. The van der Waals surface area contributed by atoms with E-state index in [4.69, 9.17) is 0 Å². The van der Waals surface area contributed by atoms with Gasteiger partial charge in [0.15, 0.2) is 0 Å². The molecule has 1 aliphatic heterocycles. The van der Waals surface area contributed by atoms with Crippen molar-refractivity contribution in [1.29, 1.82) is 0 Å². The van der Waals surface area contributed by atoms with Crippen molar-refractivity contribution in [2.75, 3.05) is 0 Å². The maximum Gasteiger partial charge on any atom is 0.287 e. The Morgan fingerprint density at radius 1 is 1.41 bits per heavy atom. The average Bonchev–Trinajstić information content (AvgIpc) is 2.91. The summed E-state index contributed by atoms with van der Waals surface area (Å²) < 4.78 is 52.5. The number of rotatable bonds is 4. The Bertz CT molecular complexity index is 616. The number of aryl methyl sites for hydroxylation is 2. The topological polar surface area (TPSA) is 70.7 Å². The molecule has 1 N–H and O–H groups in total. The molecule has 22 heavy (non-hydrogen) atoms. The van der Waals surface area contributed by atoms with E-state index >= 15 is 0 Å². The van der Waals surface area contributed by atoms with Gasteiger partial charge in [-0.15, -0.1) is 0 Å². The van der Waals surface area contributed by atoms with Gasteiger partial charge >= 0.3 is 0 Å². The van der Waals surface area contributed by atoms with Gasteiger partial charge < -0.3 is 5.11 Å². The molecule has 0 aromatic carbocycles. The third-order valence-electron chi connectivity index (χ3n) is 3.26. The van der Waals surface area contributed by atoms with Gasteiger partial charge in [0.1, 0.15) is 12.3 Å². The van der Waals surface area contributed by atoms with E-state index in [2.05, 4.69) is 10.2 Å². The van der Waals surface area contributed by atoms with E-state index < -0.39 is 43.2 Å². The SMILES string of the molecule is Cc1cc(C)n(CC(=O)N2N=C(C(F)F)C[C@]2(O)C(F)F)n1. The summed E-state index contributed by atoms with van der Waals surface area (Å²) in [5, 5.41) is 17.0. The van der Waals surface area contributed by atoms with Gasteiger partial charge in [0.2, 0.25) is 5.72 Å². The Kier molecular flexibility index (Phi) is 4.23. The molecule has 2 heterocycles. The molecule has 6 nitrogen and oxygen atoms in total. The lowest BCUT2D eigenvalue weighted by Gasteiger charge is -2.30. The number of carbonyl (C=O) groups is 1. The van der Waals surface area contributed by atoms with Crippen molar-refractivity contribution >= 4 is 11.6 Å². The van der Waals surface area contributed by atoms with Crippen LogP contribution >= 0.6 is 0 Å². The highest BCUT2D eigenvalue weighted by atomic mass is 19.3. The monoisotopic (exact) mass is 322 g/mol. The lowest BCUT2D eigenvalue weighted by Crippen LogP contribution is -2.52. The minimum atomic E-state index is -3.43. The number of carbonyl (C=O) groups excluding carboxylic acids is 1. The number of nitrogens with zero attached hydrogens (tertiary/aromatic N) is 4. The normalized spacial score (nSPS) is 21.9. The highest BCUT2D eigenvalue weighted by Crippen LogP contribution is 2.33. The molecule has 0 fully saturated rings. The molecule has 1 aromatic heterocycles. The van der Waals surface area contributed by atoms with E-state index in [1.54, 1.807) is 19.9 Å². The fourth-order valence-corrected chi connectivity index (χ4v) is 2.18. The van der Waals surface area contributed by atoms with Crippen LogP contribution in [-0.2, 0) is 11.3 Å². The Morgan fingerprint density at radius 3 is 2.50 bits per heavy atom. The Hall–Kier alpha value is -1.97. The van der Waals surface area contributed by atoms with Crippen LogP contribution in [-0.4, -0.2) is 50.1 Å². The van der Waals surface area contributed by atoms with Crippen LogP contribution in [0.15, 0.2) is 11.2 Å². The van der Waals surface area contributed by atoms with Crippen LogP contribution < -0.4 is 0 Å². The van der Waals surface area contributed by atoms with E-state index in [0.717, 1.165) is 0 Å². The molecule has 1 amide bonds. The predicted molar refractivity (Wildman–Crippen MR) is 67.6 cm³/mol. The second-order valence-electron chi connectivity index (χ2n) is 5.04. The maximum absolute atomic E-state index is 13.0. The molecule has 0 radical (unpaired) electrons. The number of aliphatic hydroxyl groups is 1. The van der Waals surface area contributed by atoms with Gasteiger partial charge in [0.05, 0.1) is 5.69 Å². The molecule has 2 rings (SSSR count). The second kappa shape index (κ2) is 5.67. The molecular formula is C12H14F4N4O2. The van der Waals surface area contributed by atoms with Gasteiger partial charge in [0.25, 0.3) is 18.8 Å². The van der Waals surface area contributed by atoms with E-state index in [9.17, 15) is 27.5 Å². The number of aromatic nitrogens is 2. The first-order valence-corrected chi connectivity index (χ1v) is 6.35. The Labute approximate surface area is 123 Å². The highest BCUT2D eigenvalue weighted by Gasteiger charge is 2.53. The number of hydrogen-bond donors (Lipinski definition) is 1. The fraction of sp³-hybridized carbons (Fsp3) is 0.583. The zero-order valence-electron chi connectivity index (χ0n) is 11.8. The van der Waals surface area contributed by atoms with Gasteiger partial charge in [-0.25, -0.2) is 17.6 Å². The second-order valence-corrected chi connectivity index (χ2v) is 5.04. The van der Waals surface area contributed by atoms with Crippen molar-refractivity contribution in [3.8, 4) is 0 Å². The van der Waals surface area contributed by atoms with Crippen LogP contribution in [0.2, 0.25) is 0 Å². The summed E-state index contributed by atoms with van der Waals surface area (Å²) >= 11 is 0. The molecule has 1 atom stereocenters. The predicted octanol–water partition coefficient (Wildman–Crippen LogP) is 1.31. The summed E-state index contributed by atoms with van der Waals surface area (Å²) in [6, 6.07) is 1.66. The molecular weight excluding hydrogens is 308 g/mol. The summed E-state index contributed by atoms with van der Waals surface area (Å²) in [5.41, 5.74) is -2.82. The van der Waals surface area contributed by atoms with Crippen LogP contribution in [0.5, 0.6) is 0 Å². The van der Waals surface area contributed by atoms with Crippen molar-refractivity contribution in [1.82, 2.24) is 14.8 Å². The van der Waals surface area contributed by atoms with Crippen LogP contribution in [0.4, 0.5) is 17.6 Å². The zero-order valence-corrected chi connectivity index (χ0v) is 11.8. The van der Waals surface area contributed by atoms with Crippen molar-refractivity contribution < 1.29 is 27.5 Å². The quantitative estimate of drug-likeness (QED) is 0.850. The first-order chi connectivity index (χ1) is 10.1. The lowest BCUT2D eigenvalue weighted by atomic mass is 10.1. The minimum absolute atomic E-state index is 0.0373. The van der Waals surface area contributed by atoms with Gasteiger partial charge in [-0.05, 0) is 19.9 Å². The molecule has 122 valence electrons. The van der Waals surface area contributed by atoms with Crippen molar-refractivity contribution in [3.63, 3.8) is 0 Å². The number of alkyl halides is 4. The zero-order chi connectivity index (χ0) is 16.7. The molecule has 0 unspecified atom stereocenters. The largest absolute Gasteiger partial charge is 0.364 e. The smallest absolute Gasteiger partial charge is 0.287 e. The summed E-state index contributed by atoms with van der Waals surface area (Å²) in [4.78, 5) is 12.1. The third-order valence-corrected chi connectivity index (χ3v) is 3.26. The summed E-state index contributed by atoms with van der Waals surface area (Å²) in [6.45, 7) is 2.82. The molecule has 10 heteroatoms. The first-order valence-electron chi connectivity index (χ1n) is 6.35. The van der Waals surface area contributed by atoms with E-state index in [-0.39, 0.29) is 5.01 Å². The van der Waals surface area contributed by atoms with Crippen LogP contribution in [0.1, 0.15) is 17.8 Å². The first kappa shape index (κ1) is 16.4. The number of hydrazone groups is 1. The van der Waals surface area contributed by atoms with E-state index in [1.165, 1.54) is 4.68 Å².